The van der Waals surface area contributed by atoms with Gasteiger partial charge in [-0.25, -0.2) is 0 Å². The molecule has 0 aromatic heterocycles. The van der Waals surface area contributed by atoms with Crippen molar-refractivity contribution in [2.75, 3.05) is 0 Å². The molecule has 0 spiro atoms. The fourth-order valence-electron chi connectivity index (χ4n) is 2.39. The lowest BCUT2D eigenvalue weighted by Crippen LogP contribution is -2.35. The second-order valence-corrected chi connectivity index (χ2v) is 5.59. The van der Waals surface area contributed by atoms with Crippen LogP contribution in [-0.4, -0.2) is 11.1 Å². The smallest absolute Gasteiger partial charge is 0.307 e. The largest absolute Gasteiger partial charge is 0.481 e. The molecule has 2 unspecified atom stereocenters. The number of hydrogen-bond acceptors (Lipinski definition) is 1. The molecule has 0 heterocycles. The van der Waals surface area contributed by atoms with Gasteiger partial charge in [0, 0.05) is 0 Å². The van der Waals surface area contributed by atoms with Crippen molar-refractivity contribution in [1.29, 1.82) is 0 Å². The molecule has 0 aliphatic heterocycles. The maximum atomic E-state index is 11.4. The fraction of sp³-hybridized carbons (Fsp3) is 0.667. The van der Waals surface area contributed by atoms with Crippen LogP contribution in [0.15, 0.2) is 24.3 Å². The number of rotatable bonds is 7. The third-order valence-electron chi connectivity index (χ3n) is 3.35. The van der Waals surface area contributed by atoms with E-state index in [2.05, 4.69) is 26.5 Å². The second kappa shape index (κ2) is 6.63. The van der Waals surface area contributed by atoms with Crippen molar-refractivity contribution in [1.82, 2.24) is 0 Å². The van der Waals surface area contributed by atoms with Gasteiger partial charge in [0.15, 0.2) is 0 Å². The van der Waals surface area contributed by atoms with E-state index in [-0.39, 0.29) is 17.3 Å². The van der Waals surface area contributed by atoms with E-state index in [0.29, 0.717) is 0 Å². The van der Waals surface area contributed by atoms with Crippen molar-refractivity contribution in [3.63, 3.8) is 0 Å². The molecule has 0 bridgehead atoms. The van der Waals surface area contributed by atoms with E-state index < -0.39 is 5.97 Å². The van der Waals surface area contributed by atoms with Gasteiger partial charge in [-0.15, -0.1) is 6.58 Å². The number of carboxylic acid groups (broad SMARTS) is 1. The highest BCUT2D eigenvalue weighted by Gasteiger charge is 2.38. The maximum Gasteiger partial charge on any atom is 0.307 e. The van der Waals surface area contributed by atoms with Crippen LogP contribution in [0.5, 0.6) is 0 Å². The summed E-state index contributed by atoms with van der Waals surface area (Å²) in [6, 6.07) is 0. The monoisotopic (exact) mass is 238 g/mol. The summed E-state index contributed by atoms with van der Waals surface area (Å²) in [7, 11) is 0. The summed E-state index contributed by atoms with van der Waals surface area (Å²) in [6.07, 6.45) is 5.70. The van der Waals surface area contributed by atoms with E-state index in [1.807, 2.05) is 26.8 Å². The summed E-state index contributed by atoms with van der Waals surface area (Å²) < 4.78 is 0. The predicted molar refractivity (Wildman–Crippen MR) is 72.9 cm³/mol. The minimum atomic E-state index is -0.723. The summed E-state index contributed by atoms with van der Waals surface area (Å²) >= 11 is 0. The molecular formula is C15H26O2. The Morgan fingerprint density at radius 3 is 2.24 bits per heavy atom. The van der Waals surface area contributed by atoms with Gasteiger partial charge in [0.1, 0.15) is 0 Å². The fourth-order valence-corrected chi connectivity index (χ4v) is 2.39. The molecule has 17 heavy (non-hydrogen) atoms. The first-order valence-electron chi connectivity index (χ1n) is 6.24. The highest BCUT2D eigenvalue weighted by Crippen LogP contribution is 2.38. The van der Waals surface area contributed by atoms with Crippen molar-refractivity contribution in [3.05, 3.63) is 24.3 Å². The summed E-state index contributed by atoms with van der Waals surface area (Å²) in [6.45, 7) is 13.9. The molecule has 0 saturated heterocycles. The van der Waals surface area contributed by atoms with Gasteiger partial charge in [-0.3, -0.25) is 4.79 Å². The standard InChI is InChI=1S/C15H26O2/c1-7-15(6,10-8-9-11(2)3)13(12(4)5)14(16)17/h7,9,12-13H,1,8,10H2,2-6H3,(H,16,17). The van der Waals surface area contributed by atoms with E-state index >= 15 is 0 Å². The zero-order chi connectivity index (χ0) is 13.6. The van der Waals surface area contributed by atoms with Crippen molar-refractivity contribution < 1.29 is 9.90 Å². The molecule has 2 heteroatoms. The lowest BCUT2D eigenvalue weighted by molar-refractivity contribution is -0.147. The topological polar surface area (TPSA) is 37.3 Å². The molecule has 0 aromatic carbocycles. The molecule has 2 atom stereocenters. The molecule has 0 rings (SSSR count). The quantitative estimate of drug-likeness (QED) is 0.672. The van der Waals surface area contributed by atoms with Gasteiger partial charge in [-0.05, 0) is 38.0 Å². The average molecular weight is 238 g/mol. The first-order chi connectivity index (χ1) is 7.74. The molecule has 0 amide bonds. The predicted octanol–water partition coefficient (Wildman–Crippen LogP) is 4.28. The van der Waals surface area contributed by atoms with Gasteiger partial charge in [-0.2, -0.15) is 0 Å². The lowest BCUT2D eigenvalue weighted by Gasteiger charge is -2.34. The molecule has 0 saturated carbocycles. The number of allylic oxidation sites excluding steroid dienone is 3. The third-order valence-corrected chi connectivity index (χ3v) is 3.35. The Labute approximate surface area is 105 Å². The number of aliphatic carboxylic acids is 1. The van der Waals surface area contributed by atoms with Crippen LogP contribution < -0.4 is 0 Å². The number of hydrogen-bond donors (Lipinski definition) is 1. The van der Waals surface area contributed by atoms with Crippen LogP contribution in [0.25, 0.3) is 0 Å². The van der Waals surface area contributed by atoms with Crippen LogP contribution in [0.4, 0.5) is 0 Å². The highest BCUT2D eigenvalue weighted by atomic mass is 16.4. The zero-order valence-corrected chi connectivity index (χ0v) is 11.8. The van der Waals surface area contributed by atoms with E-state index in [1.54, 1.807) is 0 Å². The number of carboxylic acids is 1. The molecule has 0 radical (unpaired) electrons. The van der Waals surface area contributed by atoms with Crippen LogP contribution in [-0.2, 0) is 4.79 Å². The van der Waals surface area contributed by atoms with Gasteiger partial charge < -0.3 is 5.11 Å². The Kier molecular flexibility index (Phi) is 6.22. The number of carbonyl (C=O) groups is 1. The highest BCUT2D eigenvalue weighted by molar-refractivity contribution is 5.71. The Bertz CT molecular complexity index is 298. The Morgan fingerprint density at radius 2 is 1.94 bits per heavy atom. The van der Waals surface area contributed by atoms with Gasteiger partial charge >= 0.3 is 5.97 Å². The van der Waals surface area contributed by atoms with Crippen LogP contribution in [0.2, 0.25) is 0 Å². The van der Waals surface area contributed by atoms with Crippen LogP contribution >= 0.6 is 0 Å². The van der Waals surface area contributed by atoms with E-state index in [4.69, 9.17) is 0 Å². The van der Waals surface area contributed by atoms with Gasteiger partial charge in [-0.1, -0.05) is 38.5 Å². The molecular weight excluding hydrogens is 212 g/mol. The Balaban J connectivity index is 4.90. The normalized spacial score (nSPS) is 16.1. The summed E-state index contributed by atoms with van der Waals surface area (Å²) in [5.41, 5.74) is 0.930. The Hall–Kier alpha value is -1.05. The molecule has 0 aliphatic rings. The maximum absolute atomic E-state index is 11.4. The van der Waals surface area contributed by atoms with Gasteiger partial charge in [0.2, 0.25) is 0 Å². The van der Waals surface area contributed by atoms with Gasteiger partial charge in [0.05, 0.1) is 5.92 Å². The molecule has 98 valence electrons. The first-order valence-corrected chi connectivity index (χ1v) is 6.24. The minimum Gasteiger partial charge on any atom is -0.481 e. The summed E-state index contributed by atoms with van der Waals surface area (Å²) in [5, 5.41) is 9.36. The molecule has 0 aliphatic carbocycles. The third kappa shape index (κ3) is 4.76. The SMILES string of the molecule is C=CC(C)(CCC=C(C)C)C(C(=O)O)C(C)C. The average Bonchev–Trinajstić information content (AvgIpc) is 2.15. The molecule has 0 aromatic rings. The van der Waals surface area contributed by atoms with Crippen LogP contribution in [0, 0.1) is 17.3 Å². The van der Waals surface area contributed by atoms with Crippen molar-refractivity contribution in [2.24, 2.45) is 17.3 Å². The molecule has 1 N–H and O–H groups in total. The van der Waals surface area contributed by atoms with E-state index in [1.165, 1.54) is 5.57 Å². The van der Waals surface area contributed by atoms with Crippen LogP contribution in [0.1, 0.15) is 47.5 Å². The van der Waals surface area contributed by atoms with Gasteiger partial charge in [0.25, 0.3) is 0 Å². The summed E-state index contributed by atoms with van der Waals surface area (Å²) in [5.74, 6) is -0.979. The van der Waals surface area contributed by atoms with Crippen LogP contribution in [0.3, 0.4) is 0 Å². The molecule has 0 fully saturated rings. The minimum absolute atomic E-state index is 0.113. The Morgan fingerprint density at radius 1 is 1.41 bits per heavy atom. The zero-order valence-electron chi connectivity index (χ0n) is 11.8. The first kappa shape index (κ1) is 16.0. The summed E-state index contributed by atoms with van der Waals surface area (Å²) in [4.78, 5) is 11.4. The molecule has 2 nitrogen and oxygen atoms in total. The second-order valence-electron chi connectivity index (χ2n) is 5.59. The van der Waals surface area contributed by atoms with E-state index in [0.717, 1.165) is 12.8 Å². The lowest BCUT2D eigenvalue weighted by atomic mass is 9.69. The van der Waals surface area contributed by atoms with Crippen molar-refractivity contribution in [3.8, 4) is 0 Å². The van der Waals surface area contributed by atoms with Crippen molar-refractivity contribution >= 4 is 5.97 Å². The van der Waals surface area contributed by atoms with Crippen molar-refractivity contribution in [2.45, 2.75) is 47.5 Å². The van der Waals surface area contributed by atoms with E-state index in [9.17, 15) is 9.90 Å².